The van der Waals surface area contributed by atoms with Crippen LogP contribution in [0.1, 0.15) is 32.8 Å². The van der Waals surface area contributed by atoms with Gasteiger partial charge in [-0.15, -0.1) is 6.42 Å². The van der Waals surface area contributed by atoms with Crippen molar-refractivity contribution in [3.8, 4) is 12.3 Å². The van der Waals surface area contributed by atoms with Gasteiger partial charge in [-0.25, -0.2) is 4.79 Å². The van der Waals surface area contributed by atoms with Crippen LogP contribution >= 0.6 is 0 Å². The van der Waals surface area contributed by atoms with Crippen molar-refractivity contribution in [1.29, 1.82) is 0 Å². The van der Waals surface area contributed by atoms with Gasteiger partial charge in [-0.2, -0.15) is 0 Å². The lowest BCUT2D eigenvalue weighted by Crippen LogP contribution is -2.36. The second kappa shape index (κ2) is 6.09. The molecule has 1 N–H and O–H groups in total. The normalized spacial score (nSPS) is 18.2. The number of nitrogens with zero attached hydrogens (tertiary/aromatic N) is 1. The highest BCUT2D eigenvalue weighted by atomic mass is 16.6. The van der Waals surface area contributed by atoms with E-state index in [-0.39, 0.29) is 12.1 Å². The molecule has 1 atom stereocenters. The summed E-state index contributed by atoms with van der Waals surface area (Å²) in [6.45, 7) is 6.99. The number of benzene rings is 1. The monoisotopic (exact) mass is 286 g/mol. The number of carbonyl (C=O) groups is 1. The fraction of sp³-hybridized carbons (Fsp3) is 0.471. The largest absolute Gasteiger partial charge is 0.444 e. The molecule has 1 aliphatic heterocycles. The molecule has 0 aromatic heterocycles. The number of amides is 1. The van der Waals surface area contributed by atoms with Crippen LogP contribution in [0, 0.1) is 12.3 Å². The summed E-state index contributed by atoms with van der Waals surface area (Å²) in [6.07, 6.45) is 6.06. The van der Waals surface area contributed by atoms with E-state index in [1.807, 2.05) is 45.0 Å². The molecule has 1 fully saturated rings. The summed E-state index contributed by atoms with van der Waals surface area (Å²) in [5, 5.41) is 3.42. The molecule has 0 aliphatic carbocycles. The summed E-state index contributed by atoms with van der Waals surface area (Å²) >= 11 is 0. The maximum absolute atomic E-state index is 12.0. The van der Waals surface area contributed by atoms with Gasteiger partial charge in [0.05, 0.1) is 0 Å². The lowest BCUT2D eigenvalue weighted by Gasteiger charge is -2.24. The molecule has 1 heterocycles. The molecule has 0 radical (unpaired) electrons. The number of rotatable bonds is 2. The van der Waals surface area contributed by atoms with Crippen LogP contribution in [-0.2, 0) is 4.74 Å². The van der Waals surface area contributed by atoms with Crippen LogP contribution in [0.2, 0.25) is 0 Å². The first-order chi connectivity index (χ1) is 9.87. The van der Waals surface area contributed by atoms with Crippen molar-refractivity contribution in [2.24, 2.45) is 0 Å². The van der Waals surface area contributed by atoms with E-state index < -0.39 is 5.60 Å². The van der Waals surface area contributed by atoms with E-state index in [2.05, 4.69) is 11.2 Å². The Bertz CT molecular complexity index is 555. The highest BCUT2D eigenvalue weighted by molar-refractivity contribution is 5.68. The van der Waals surface area contributed by atoms with Crippen molar-refractivity contribution < 1.29 is 9.53 Å². The zero-order valence-electron chi connectivity index (χ0n) is 12.8. The average Bonchev–Trinajstić information content (AvgIpc) is 2.85. The number of nitrogens with one attached hydrogen (secondary N) is 1. The van der Waals surface area contributed by atoms with Crippen molar-refractivity contribution in [3.05, 3.63) is 29.8 Å². The zero-order valence-corrected chi connectivity index (χ0v) is 12.8. The van der Waals surface area contributed by atoms with Gasteiger partial charge < -0.3 is 15.0 Å². The Morgan fingerprint density at radius 3 is 2.90 bits per heavy atom. The minimum Gasteiger partial charge on any atom is -0.444 e. The molecule has 112 valence electrons. The van der Waals surface area contributed by atoms with E-state index in [1.54, 1.807) is 4.90 Å². The SMILES string of the molecule is C#Cc1cccc(NC2CCN(C(=O)OC(C)(C)C)C2)c1. The predicted molar refractivity (Wildman–Crippen MR) is 84.2 cm³/mol. The highest BCUT2D eigenvalue weighted by Gasteiger charge is 2.29. The maximum atomic E-state index is 12.0. The predicted octanol–water partition coefficient (Wildman–Crippen LogP) is 3.09. The number of ether oxygens (including phenoxy) is 1. The molecule has 4 heteroatoms. The molecule has 1 aromatic rings. The maximum Gasteiger partial charge on any atom is 0.410 e. The smallest absolute Gasteiger partial charge is 0.410 e. The second-order valence-corrected chi connectivity index (χ2v) is 6.28. The number of hydrogen-bond acceptors (Lipinski definition) is 3. The molecule has 1 unspecified atom stereocenters. The van der Waals surface area contributed by atoms with Crippen LogP contribution in [0.3, 0.4) is 0 Å². The Kier molecular flexibility index (Phi) is 4.42. The molecule has 0 bridgehead atoms. The van der Waals surface area contributed by atoms with E-state index in [0.717, 1.165) is 17.7 Å². The van der Waals surface area contributed by atoms with Gasteiger partial charge in [0, 0.05) is 30.4 Å². The Hall–Kier alpha value is -2.15. The van der Waals surface area contributed by atoms with E-state index in [4.69, 9.17) is 11.2 Å². The van der Waals surface area contributed by atoms with Crippen LogP contribution in [-0.4, -0.2) is 35.7 Å². The van der Waals surface area contributed by atoms with Gasteiger partial charge >= 0.3 is 6.09 Å². The fourth-order valence-electron chi connectivity index (χ4n) is 2.30. The van der Waals surface area contributed by atoms with Crippen molar-refractivity contribution >= 4 is 11.8 Å². The van der Waals surface area contributed by atoms with Gasteiger partial charge in [0.2, 0.25) is 0 Å². The fourth-order valence-corrected chi connectivity index (χ4v) is 2.30. The van der Waals surface area contributed by atoms with Gasteiger partial charge in [0.1, 0.15) is 5.60 Å². The van der Waals surface area contributed by atoms with Crippen LogP contribution in [0.5, 0.6) is 0 Å². The number of likely N-dealkylation sites (tertiary alicyclic amines) is 1. The van der Waals surface area contributed by atoms with Crippen LogP contribution in [0.25, 0.3) is 0 Å². The van der Waals surface area contributed by atoms with Crippen molar-refractivity contribution in [2.45, 2.75) is 38.8 Å². The van der Waals surface area contributed by atoms with Gasteiger partial charge in [-0.1, -0.05) is 12.0 Å². The number of carbonyl (C=O) groups excluding carboxylic acids is 1. The molecular weight excluding hydrogens is 264 g/mol. The Labute approximate surface area is 126 Å². The first kappa shape index (κ1) is 15.2. The molecule has 1 aromatic carbocycles. The summed E-state index contributed by atoms with van der Waals surface area (Å²) < 4.78 is 5.39. The Morgan fingerprint density at radius 1 is 1.48 bits per heavy atom. The first-order valence-corrected chi connectivity index (χ1v) is 7.18. The third-order valence-electron chi connectivity index (χ3n) is 3.24. The van der Waals surface area contributed by atoms with E-state index in [1.165, 1.54) is 0 Å². The zero-order chi connectivity index (χ0) is 15.5. The molecule has 2 rings (SSSR count). The van der Waals surface area contributed by atoms with Crippen LogP contribution in [0.15, 0.2) is 24.3 Å². The van der Waals surface area contributed by atoms with Crippen LogP contribution < -0.4 is 5.32 Å². The van der Waals surface area contributed by atoms with Gasteiger partial charge in [0.15, 0.2) is 0 Å². The van der Waals surface area contributed by atoms with Crippen molar-refractivity contribution in [3.63, 3.8) is 0 Å². The first-order valence-electron chi connectivity index (χ1n) is 7.18. The topological polar surface area (TPSA) is 41.6 Å². The van der Waals surface area contributed by atoms with E-state index in [9.17, 15) is 4.79 Å². The Balaban J connectivity index is 1.91. The molecule has 1 aliphatic rings. The summed E-state index contributed by atoms with van der Waals surface area (Å²) in [7, 11) is 0. The standard InChI is InChI=1S/C17H22N2O2/c1-5-13-7-6-8-14(11-13)18-15-9-10-19(12-15)16(20)21-17(2,3)4/h1,6-8,11,15,18H,9-10,12H2,2-4H3. The molecule has 0 saturated carbocycles. The molecule has 1 saturated heterocycles. The van der Waals surface area contributed by atoms with Gasteiger partial charge in [0.25, 0.3) is 0 Å². The molecular formula is C17H22N2O2. The van der Waals surface area contributed by atoms with Crippen LogP contribution in [0.4, 0.5) is 10.5 Å². The quantitative estimate of drug-likeness (QED) is 0.849. The molecule has 21 heavy (non-hydrogen) atoms. The number of anilines is 1. The minimum atomic E-state index is -0.455. The lowest BCUT2D eigenvalue weighted by molar-refractivity contribution is 0.0293. The van der Waals surface area contributed by atoms with Gasteiger partial charge in [-0.05, 0) is 45.4 Å². The third-order valence-corrected chi connectivity index (χ3v) is 3.24. The van der Waals surface area contributed by atoms with E-state index in [0.29, 0.717) is 13.1 Å². The number of hydrogen-bond donors (Lipinski definition) is 1. The summed E-state index contributed by atoms with van der Waals surface area (Å²) in [4.78, 5) is 13.8. The molecule has 4 nitrogen and oxygen atoms in total. The second-order valence-electron chi connectivity index (χ2n) is 6.28. The van der Waals surface area contributed by atoms with Gasteiger partial charge in [-0.3, -0.25) is 0 Å². The van der Waals surface area contributed by atoms with Crippen molar-refractivity contribution in [1.82, 2.24) is 4.90 Å². The number of terminal acetylenes is 1. The summed E-state index contributed by atoms with van der Waals surface area (Å²) in [5.74, 6) is 2.62. The van der Waals surface area contributed by atoms with E-state index >= 15 is 0 Å². The molecule has 0 spiro atoms. The lowest BCUT2D eigenvalue weighted by atomic mass is 10.2. The summed E-state index contributed by atoms with van der Waals surface area (Å²) in [6, 6.07) is 7.98. The minimum absolute atomic E-state index is 0.227. The summed E-state index contributed by atoms with van der Waals surface area (Å²) in [5.41, 5.74) is 1.38. The Morgan fingerprint density at radius 2 is 2.24 bits per heavy atom. The highest BCUT2D eigenvalue weighted by Crippen LogP contribution is 2.19. The average molecular weight is 286 g/mol. The third kappa shape index (κ3) is 4.42. The van der Waals surface area contributed by atoms with Crippen molar-refractivity contribution in [2.75, 3.05) is 18.4 Å². The molecule has 1 amide bonds.